The van der Waals surface area contributed by atoms with Crippen LogP contribution in [0.4, 0.5) is 0 Å². The molecule has 18 heavy (non-hydrogen) atoms. The number of amides is 1. The molecule has 3 rings (SSSR count). The van der Waals surface area contributed by atoms with Crippen molar-refractivity contribution < 1.29 is 4.79 Å². The van der Waals surface area contributed by atoms with Crippen molar-refractivity contribution in [3.63, 3.8) is 0 Å². The molecule has 1 atom stereocenters. The van der Waals surface area contributed by atoms with Crippen molar-refractivity contribution in [2.75, 3.05) is 7.05 Å². The molecular formula is C11H12N6O. The fraction of sp³-hybridized carbons (Fsp3) is 0.182. The predicted molar refractivity (Wildman–Crippen MR) is 65.7 cm³/mol. The number of nitrogens with two attached hydrogens (primary N) is 1. The molecule has 1 unspecified atom stereocenters. The molecule has 3 N–H and O–H groups in total. The molecule has 92 valence electrons. The van der Waals surface area contributed by atoms with Gasteiger partial charge >= 0.3 is 0 Å². The molecule has 0 bridgehead atoms. The van der Waals surface area contributed by atoms with Crippen molar-refractivity contribution in [1.82, 2.24) is 20.2 Å². The number of nitrogens with one attached hydrogen (secondary N) is 1. The van der Waals surface area contributed by atoms with Gasteiger partial charge in [-0.3, -0.25) is 14.9 Å². The van der Waals surface area contributed by atoms with Gasteiger partial charge in [0, 0.05) is 36.8 Å². The van der Waals surface area contributed by atoms with E-state index in [0.29, 0.717) is 5.82 Å². The van der Waals surface area contributed by atoms with E-state index in [9.17, 15) is 4.79 Å². The number of likely N-dealkylation sites (N-methyl/N-ethyl adjacent to an activating group) is 1. The molecule has 2 aliphatic heterocycles. The number of primary amides is 1. The number of aromatic nitrogens is 2. The van der Waals surface area contributed by atoms with Crippen molar-refractivity contribution in [3.05, 3.63) is 36.1 Å². The summed E-state index contributed by atoms with van der Waals surface area (Å²) in [5.74, 6) is 0.282. The molecule has 1 aromatic heterocycles. The number of carbonyl (C=O) groups is 1. The minimum Gasteiger partial charge on any atom is -0.368 e. The number of aromatic amines is 1. The summed E-state index contributed by atoms with van der Waals surface area (Å²) in [5, 5.41) is 10.2. The van der Waals surface area contributed by atoms with Gasteiger partial charge in [0.05, 0.1) is 6.20 Å². The lowest BCUT2D eigenvalue weighted by Crippen LogP contribution is -2.44. The third-order valence-corrected chi connectivity index (χ3v) is 3.03. The van der Waals surface area contributed by atoms with Crippen LogP contribution in [0.5, 0.6) is 0 Å². The fourth-order valence-electron chi connectivity index (χ4n) is 2.26. The van der Waals surface area contributed by atoms with Crippen molar-refractivity contribution in [2.45, 2.75) is 6.04 Å². The molecule has 0 fully saturated rings. The Kier molecular flexibility index (Phi) is 2.27. The highest BCUT2D eigenvalue weighted by atomic mass is 16.1. The Hall–Kier alpha value is -2.41. The molecule has 1 amide bonds. The number of H-pyrrole nitrogens is 1. The SMILES string of the molecule is CN1C(C(N)=O)C(c2cn[nH]c2)=C2N=CC=CN21. The zero-order chi connectivity index (χ0) is 12.7. The van der Waals surface area contributed by atoms with Gasteiger partial charge in [0.25, 0.3) is 0 Å². The zero-order valence-corrected chi connectivity index (χ0v) is 9.74. The first-order valence-electron chi connectivity index (χ1n) is 5.45. The number of allylic oxidation sites excluding steroid dienone is 1. The lowest BCUT2D eigenvalue weighted by molar-refractivity contribution is -0.123. The van der Waals surface area contributed by atoms with Crippen LogP contribution in [-0.2, 0) is 4.79 Å². The van der Waals surface area contributed by atoms with Gasteiger partial charge in [-0.2, -0.15) is 5.10 Å². The van der Waals surface area contributed by atoms with Crippen LogP contribution in [0.15, 0.2) is 35.5 Å². The lowest BCUT2D eigenvalue weighted by atomic mass is 10.0. The van der Waals surface area contributed by atoms with E-state index in [2.05, 4.69) is 15.2 Å². The number of hydrogen-bond donors (Lipinski definition) is 2. The Morgan fingerprint density at radius 2 is 2.39 bits per heavy atom. The Labute approximate surface area is 103 Å². The molecule has 7 nitrogen and oxygen atoms in total. The first-order valence-corrected chi connectivity index (χ1v) is 5.45. The third kappa shape index (κ3) is 1.37. The van der Waals surface area contributed by atoms with Crippen LogP contribution in [0.25, 0.3) is 5.57 Å². The van der Waals surface area contributed by atoms with E-state index in [1.807, 2.05) is 6.20 Å². The van der Waals surface area contributed by atoms with E-state index >= 15 is 0 Å². The zero-order valence-electron chi connectivity index (χ0n) is 9.74. The maximum atomic E-state index is 11.7. The van der Waals surface area contributed by atoms with Crippen LogP contribution >= 0.6 is 0 Å². The van der Waals surface area contributed by atoms with Crippen LogP contribution in [0, 0.1) is 0 Å². The van der Waals surface area contributed by atoms with Crippen molar-refractivity contribution in [2.24, 2.45) is 10.7 Å². The summed E-state index contributed by atoms with van der Waals surface area (Å²) in [5.41, 5.74) is 7.07. The minimum absolute atomic E-state index is 0.417. The average Bonchev–Trinajstić information content (AvgIpc) is 2.96. The summed E-state index contributed by atoms with van der Waals surface area (Å²) in [6.07, 6.45) is 8.71. The lowest BCUT2D eigenvalue weighted by Gasteiger charge is -2.27. The first-order chi connectivity index (χ1) is 8.70. The number of aliphatic imine (C=N–C) groups is 1. The van der Waals surface area contributed by atoms with Gasteiger partial charge in [0.1, 0.15) is 6.04 Å². The van der Waals surface area contributed by atoms with Crippen LogP contribution in [0.3, 0.4) is 0 Å². The first kappa shape index (κ1) is 10.7. The van der Waals surface area contributed by atoms with Gasteiger partial charge in [0.2, 0.25) is 5.91 Å². The molecule has 0 spiro atoms. The number of nitrogens with zero attached hydrogens (tertiary/aromatic N) is 4. The maximum absolute atomic E-state index is 11.7. The Morgan fingerprint density at radius 1 is 1.56 bits per heavy atom. The van der Waals surface area contributed by atoms with E-state index in [0.717, 1.165) is 11.1 Å². The van der Waals surface area contributed by atoms with E-state index in [1.165, 1.54) is 0 Å². The summed E-state index contributed by atoms with van der Waals surface area (Å²) in [7, 11) is 1.80. The average molecular weight is 244 g/mol. The predicted octanol–water partition coefficient (Wildman–Crippen LogP) is -0.307. The van der Waals surface area contributed by atoms with Crippen molar-refractivity contribution in [3.8, 4) is 0 Å². The molecular weight excluding hydrogens is 232 g/mol. The van der Waals surface area contributed by atoms with Crippen molar-refractivity contribution >= 4 is 17.7 Å². The van der Waals surface area contributed by atoms with Crippen LogP contribution in [0.1, 0.15) is 5.56 Å². The highest BCUT2D eigenvalue weighted by Gasteiger charge is 2.40. The second kappa shape index (κ2) is 3.81. The van der Waals surface area contributed by atoms with E-state index < -0.39 is 11.9 Å². The highest BCUT2D eigenvalue weighted by Crippen LogP contribution is 2.36. The van der Waals surface area contributed by atoms with E-state index in [4.69, 9.17) is 5.73 Å². The molecule has 0 radical (unpaired) electrons. The molecule has 1 aromatic rings. The second-order valence-electron chi connectivity index (χ2n) is 4.07. The topological polar surface area (TPSA) is 90.6 Å². The van der Waals surface area contributed by atoms with Crippen LogP contribution in [-0.4, -0.2) is 45.4 Å². The molecule has 0 saturated carbocycles. The number of hydrogen-bond acceptors (Lipinski definition) is 5. The van der Waals surface area contributed by atoms with Gasteiger partial charge in [-0.15, -0.1) is 0 Å². The molecule has 2 aliphatic rings. The molecule has 0 aliphatic carbocycles. The standard InChI is InChI=1S/C11H12N6O/c1-16-9(10(12)18)8(7-5-14-15-6-7)11-13-3-2-4-17(11)16/h2-6,9H,1H3,(H2,12,18)(H,14,15). The summed E-state index contributed by atoms with van der Waals surface area (Å²) in [6, 6.07) is -0.544. The molecule has 0 aromatic carbocycles. The Bertz CT molecular complexity index is 570. The highest BCUT2D eigenvalue weighted by molar-refractivity contribution is 5.97. The molecule has 7 heteroatoms. The summed E-state index contributed by atoms with van der Waals surface area (Å²) in [4.78, 5) is 16.0. The number of carbonyl (C=O) groups excluding carboxylic acids is 1. The quantitative estimate of drug-likeness (QED) is 0.746. The number of rotatable bonds is 2. The number of hydrazine groups is 1. The van der Waals surface area contributed by atoms with E-state index in [-0.39, 0.29) is 0 Å². The van der Waals surface area contributed by atoms with Crippen molar-refractivity contribution in [1.29, 1.82) is 0 Å². The normalized spacial score (nSPS) is 22.7. The minimum atomic E-state index is -0.544. The smallest absolute Gasteiger partial charge is 0.241 e. The van der Waals surface area contributed by atoms with Gasteiger partial charge in [-0.1, -0.05) is 0 Å². The Balaban J connectivity index is 2.18. The maximum Gasteiger partial charge on any atom is 0.241 e. The fourth-order valence-corrected chi connectivity index (χ4v) is 2.26. The summed E-state index contributed by atoms with van der Waals surface area (Å²) >= 11 is 0. The van der Waals surface area contributed by atoms with Gasteiger partial charge in [-0.25, -0.2) is 10.0 Å². The van der Waals surface area contributed by atoms with Crippen LogP contribution < -0.4 is 5.73 Å². The monoisotopic (exact) mass is 244 g/mol. The van der Waals surface area contributed by atoms with Gasteiger partial charge < -0.3 is 5.73 Å². The molecule has 0 saturated heterocycles. The second-order valence-corrected chi connectivity index (χ2v) is 4.07. The Morgan fingerprint density at radius 3 is 3.06 bits per heavy atom. The third-order valence-electron chi connectivity index (χ3n) is 3.03. The largest absolute Gasteiger partial charge is 0.368 e. The summed E-state index contributed by atoms with van der Waals surface area (Å²) < 4.78 is 0. The number of fused-ring (bicyclic) bond motifs is 1. The van der Waals surface area contributed by atoms with Crippen LogP contribution in [0.2, 0.25) is 0 Å². The van der Waals surface area contributed by atoms with Gasteiger partial charge in [0.15, 0.2) is 5.82 Å². The molecule has 3 heterocycles. The summed E-state index contributed by atoms with van der Waals surface area (Å²) in [6.45, 7) is 0. The van der Waals surface area contributed by atoms with Gasteiger partial charge in [-0.05, 0) is 6.08 Å². The van der Waals surface area contributed by atoms with E-state index in [1.54, 1.807) is 41.7 Å².